The van der Waals surface area contributed by atoms with Crippen LogP contribution in [0, 0.1) is 6.92 Å². The van der Waals surface area contributed by atoms with Gasteiger partial charge in [-0.05, 0) is 40.3 Å². The summed E-state index contributed by atoms with van der Waals surface area (Å²) in [5.41, 5.74) is 8.74. The summed E-state index contributed by atoms with van der Waals surface area (Å²) in [6.07, 6.45) is 0.207. The van der Waals surface area contributed by atoms with E-state index in [0.29, 0.717) is 0 Å². The fourth-order valence-corrected chi connectivity index (χ4v) is 3.33. The van der Waals surface area contributed by atoms with E-state index in [1.54, 1.807) is 0 Å². The molecule has 2 heteroatoms. The van der Waals surface area contributed by atoms with Gasteiger partial charge in [-0.1, -0.05) is 84.9 Å². The van der Waals surface area contributed by atoms with Gasteiger partial charge in [-0.3, -0.25) is 10.6 Å². The Kier molecular flexibility index (Phi) is 4.70. The normalized spacial score (nSPS) is 15.2. The average Bonchev–Trinajstić information content (AvgIpc) is 2.70. The van der Waals surface area contributed by atoms with Crippen molar-refractivity contribution in [2.75, 3.05) is 13.1 Å². The predicted octanol–water partition coefficient (Wildman–Crippen LogP) is 5.08. The van der Waals surface area contributed by atoms with Crippen molar-refractivity contribution in [1.29, 1.82) is 0 Å². The highest BCUT2D eigenvalue weighted by atomic mass is 15.1. The van der Waals surface area contributed by atoms with Crippen molar-refractivity contribution in [3.8, 4) is 22.3 Å². The van der Waals surface area contributed by atoms with E-state index in [-0.39, 0.29) is 6.17 Å². The first-order valence-corrected chi connectivity index (χ1v) is 9.10. The third kappa shape index (κ3) is 3.62. The highest BCUT2D eigenvalue weighted by molar-refractivity contribution is 5.70. The Labute approximate surface area is 155 Å². The lowest BCUT2D eigenvalue weighted by atomic mass is 9.98. The summed E-state index contributed by atoms with van der Waals surface area (Å²) >= 11 is 0. The first-order valence-electron chi connectivity index (χ1n) is 9.10. The Bertz CT molecular complexity index is 880. The molecule has 0 aliphatic carbocycles. The van der Waals surface area contributed by atoms with Gasteiger partial charge >= 0.3 is 0 Å². The van der Waals surface area contributed by atoms with Crippen molar-refractivity contribution >= 4 is 0 Å². The maximum absolute atomic E-state index is 4.00. The standard InChI is InChI=1S/C24H24N2/c1-17-3-5-19(6-4-17)20-7-9-21(10-8-20)22-11-13-23(14-12-22)24-25-15-18(2)16-26-24/h3-14,24-26H,2,15-16H2,1H3. The molecule has 2 N–H and O–H groups in total. The number of nitrogens with one attached hydrogen (secondary N) is 2. The molecule has 1 aliphatic rings. The Morgan fingerprint density at radius 2 is 1.04 bits per heavy atom. The van der Waals surface area contributed by atoms with Crippen molar-refractivity contribution in [1.82, 2.24) is 10.6 Å². The van der Waals surface area contributed by atoms with Crippen LogP contribution < -0.4 is 10.6 Å². The van der Waals surface area contributed by atoms with E-state index in [1.807, 2.05) is 0 Å². The van der Waals surface area contributed by atoms with Crippen molar-refractivity contribution in [3.63, 3.8) is 0 Å². The summed E-state index contributed by atoms with van der Waals surface area (Å²) in [6.45, 7) is 7.87. The Morgan fingerprint density at radius 3 is 1.50 bits per heavy atom. The molecule has 1 fully saturated rings. The maximum Gasteiger partial charge on any atom is 0.0840 e. The molecule has 3 aromatic carbocycles. The minimum absolute atomic E-state index is 0.207. The number of hydrogen-bond acceptors (Lipinski definition) is 2. The Hall–Kier alpha value is -2.68. The van der Waals surface area contributed by atoms with E-state index in [2.05, 4.69) is 96.9 Å². The molecule has 0 aromatic heterocycles. The van der Waals surface area contributed by atoms with E-state index in [0.717, 1.165) is 13.1 Å². The molecule has 2 nitrogen and oxygen atoms in total. The van der Waals surface area contributed by atoms with Gasteiger partial charge in [-0.2, -0.15) is 0 Å². The minimum atomic E-state index is 0.207. The predicted molar refractivity (Wildman–Crippen MR) is 110 cm³/mol. The molecule has 0 spiro atoms. The highest BCUT2D eigenvalue weighted by Crippen LogP contribution is 2.26. The van der Waals surface area contributed by atoms with Crippen LogP contribution in [0.25, 0.3) is 22.3 Å². The highest BCUT2D eigenvalue weighted by Gasteiger charge is 2.15. The molecular weight excluding hydrogens is 316 g/mol. The molecule has 1 saturated heterocycles. The van der Waals surface area contributed by atoms with E-state index in [9.17, 15) is 0 Å². The third-order valence-corrected chi connectivity index (χ3v) is 4.96. The van der Waals surface area contributed by atoms with Crippen LogP contribution in [0.1, 0.15) is 17.3 Å². The van der Waals surface area contributed by atoms with Gasteiger partial charge < -0.3 is 0 Å². The summed E-state index contributed by atoms with van der Waals surface area (Å²) in [6, 6.07) is 26.3. The zero-order valence-corrected chi connectivity index (χ0v) is 15.1. The number of rotatable bonds is 3. The van der Waals surface area contributed by atoms with Gasteiger partial charge in [0.2, 0.25) is 0 Å². The Morgan fingerprint density at radius 1 is 0.654 bits per heavy atom. The lowest BCUT2D eigenvalue weighted by Crippen LogP contribution is -2.42. The van der Waals surface area contributed by atoms with Crippen LogP contribution in [0.4, 0.5) is 0 Å². The first-order chi connectivity index (χ1) is 12.7. The smallest absolute Gasteiger partial charge is 0.0840 e. The second-order valence-corrected chi connectivity index (χ2v) is 7.01. The lowest BCUT2D eigenvalue weighted by molar-refractivity contribution is 0.431. The molecule has 3 aromatic rings. The fourth-order valence-electron chi connectivity index (χ4n) is 3.33. The van der Waals surface area contributed by atoms with E-state index in [1.165, 1.54) is 39.0 Å². The van der Waals surface area contributed by atoms with Crippen molar-refractivity contribution < 1.29 is 0 Å². The molecule has 1 heterocycles. The minimum Gasteiger partial charge on any atom is -0.294 e. The molecular formula is C24H24N2. The molecule has 130 valence electrons. The largest absolute Gasteiger partial charge is 0.294 e. The van der Waals surface area contributed by atoms with Crippen molar-refractivity contribution in [3.05, 3.63) is 96.1 Å². The molecule has 0 atom stereocenters. The second kappa shape index (κ2) is 7.28. The molecule has 26 heavy (non-hydrogen) atoms. The molecule has 0 saturated carbocycles. The molecule has 0 unspecified atom stereocenters. The monoisotopic (exact) mass is 340 g/mol. The van der Waals surface area contributed by atoms with Crippen LogP contribution in [0.15, 0.2) is 84.9 Å². The van der Waals surface area contributed by atoms with Gasteiger partial charge in [-0.15, -0.1) is 0 Å². The lowest BCUT2D eigenvalue weighted by Gasteiger charge is -2.27. The van der Waals surface area contributed by atoms with Gasteiger partial charge in [0.1, 0.15) is 0 Å². The summed E-state index contributed by atoms with van der Waals surface area (Å²) in [7, 11) is 0. The van der Waals surface area contributed by atoms with Gasteiger partial charge in [0.25, 0.3) is 0 Å². The van der Waals surface area contributed by atoms with Gasteiger partial charge in [0.05, 0.1) is 6.17 Å². The Balaban J connectivity index is 1.50. The summed E-state index contributed by atoms with van der Waals surface area (Å²) in [4.78, 5) is 0. The SMILES string of the molecule is C=C1CNC(c2ccc(-c3ccc(-c4ccc(C)cc4)cc3)cc2)NC1. The van der Waals surface area contributed by atoms with Gasteiger partial charge in [0.15, 0.2) is 0 Å². The van der Waals surface area contributed by atoms with E-state index >= 15 is 0 Å². The molecule has 0 radical (unpaired) electrons. The van der Waals surface area contributed by atoms with Crippen LogP contribution in [-0.4, -0.2) is 13.1 Å². The zero-order chi connectivity index (χ0) is 17.9. The molecule has 0 bridgehead atoms. The maximum atomic E-state index is 4.00. The van der Waals surface area contributed by atoms with E-state index < -0.39 is 0 Å². The summed E-state index contributed by atoms with van der Waals surface area (Å²) in [5, 5.41) is 6.93. The topological polar surface area (TPSA) is 24.1 Å². The quantitative estimate of drug-likeness (QED) is 0.650. The molecule has 0 amide bonds. The van der Waals surface area contributed by atoms with Crippen molar-refractivity contribution in [2.24, 2.45) is 0 Å². The third-order valence-electron chi connectivity index (χ3n) is 4.96. The summed E-state index contributed by atoms with van der Waals surface area (Å²) < 4.78 is 0. The summed E-state index contributed by atoms with van der Waals surface area (Å²) in [5.74, 6) is 0. The number of benzene rings is 3. The van der Waals surface area contributed by atoms with Crippen LogP contribution in [0.5, 0.6) is 0 Å². The average molecular weight is 340 g/mol. The molecule has 1 aliphatic heterocycles. The number of aryl methyl sites for hydroxylation is 1. The van der Waals surface area contributed by atoms with Crippen LogP contribution in [0.2, 0.25) is 0 Å². The van der Waals surface area contributed by atoms with E-state index in [4.69, 9.17) is 0 Å². The van der Waals surface area contributed by atoms with Crippen LogP contribution >= 0.6 is 0 Å². The van der Waals surface area contributed by atoms with Gasteiger partial charge in [0, 0.05) is 13.1 Å². The van der Waals surface area contributed by atoms with Gasteiger partial charge in [-0.25, -0.2) is 0 Å². The second-order valence-electron chi connectivity index (χ2n) is 7.01. The first kappa shape index (κ1) is 16.8. The molecule has 4 rings (SSSR count). The van der Waals surface area contributed by atoms with Crippen LogP contribution in [0.3, 0.4) is 0 Å². The van der Waals surface area contributed by atoms with Crippen LogP contribution in [-0.2, 0) is 0 Å². The zero-order valence-electron chi connectivity index (χ0n) is 15.1. The fraction of sp³-hybridized carbons (Fsp3) is 0.167. The number of hydrogen-bond donors (Lipinski definition) is 2. The van der Waals surface area contributed by atoms with Crippen molar-refractivity contribution in [2.45, 2.75) is 13.1 Å².